The number of rotatable bonds is 3. The Hall–Kier alpha value is -1.22. The van der Waals surface area contributed by atoms with Gasteiger partial charge in [-0.05, 0) is 35.7 Å². The smallest absolute Gasteiger partial charge is 0.0999 e. The van der Waals surface area contributed by atoms with Crippen molar-refractivity contribution in [2.45, 2.75) is 12.5 Å². The maximum absolute atomic E-state index is 6.16. The molecule has 2 aromatic carbocycles. The van der Waals surface area contributed by atoms with E-state index in [-0.39, 0.29) is 6.10 Å². The Balaban J connectivity index is 1.73. The van der Waals surface area contributed by atoms with E-state index in [1.165, 1.54) is 11.1 Å². The van der Waals surface area contributed by atoms with Gasteiger partial charge in [0.25, 0.3) is 0 Å². The fourth-order valence-corrected chi connectivity index (χ4v) is 2.96. The van der Waals surface area contributed by atoms with E-state index in [1.54, 1.807) is 6.07 Å². The van der Waals surface area contributed by atoms with Gasteiger partial charge in [0.15, 0.2) is 0 Å². The molecule has 2 aromatic rings. The zero-order valence-electron chi connectivity index (χ0n) is 10.9. The monoisotopic (exact) mass is 307 g/mol. The van der Waals surface area contributed by atoms with Gasteiger partial charge in [-0.3, -0.25) is 0 Å². The van der Waals surface area contributed by atoms with Gasteiger partial charge in [-0.2, -0.15) is 0 Å². The number of hydrogen-bond donors (Lipinski definition) is 1. The first-order valence-corrected chi connectivity index (χ1v) is 7.38. The van der Waals surface area contributed by atoms with Crippen LogP contribution in [0.4, 0.5) is 5.69 Å². The molecule has 1 heterocycles. The van der Waals surface area contributed by atoms with E-state index in [4.69, 9.17) is 27.9 Å². The summed E-state index contributed by atoms with van der Waals surface area (Å²) in [5.74, 6) is 0. The summed E-state index contributed by atoms with van der Waals surface area (Å²) in [5.41, 5.74) is 3.51. The lowest BCUT2D eigenvalue weighted by atomic mass is 9.97. The summed E-state index contributed by atoms with van der Waals surface area (Å²) >= 11 is 12.1. The van der Waals surface area contributed by atoms with Crippen LogP contribution in [-0.4, -0.2) is 13.2 Å². The number of anilines is 1. The van der Waals surface area contributed by atoms with Crippen molar-refractivity contribution in [1.82, 2.24) is 0 Å². The zero-order chi connectivity index (χ0) is 13.9. The molecular weight excluding hydrogens is 293 g/mol. The second-order valence-corrected chi connectivity index (χ2v) is 5.66. The largest absolute Gasteiger partial charge is 0.381 e. The van der Waals surface area contributed by atoms with Crippen LogP contribution in [0, 0.1) is 0 Å². The van der Waals surface area contributed by atoms with Crippen LogP contribution in [0.2, 0.25) is 10.0 Å². The third kappa shape index (κ3) is 2.93. The van der Waals surface area contributed by atoms with Crippen LogP contribution >= 0.6 is 23.2 Å². The highest BCUT2D eigenvalue weighted by Gasteiger charge is 2.20. The van der Waals surface area contributed by atoms with Crippen molar-refractivity contribution >= 4 is 28.9 Å². The second-order valence-electron chi connectivity index (χ2n) is 4.81. The highest BCUT2D eigenvalue weighted by molar-refractivity contribution is 6.36. The highest BCUT2D eigenvalue weighted by Crippen LogP contribution is 2.29. The molecule has 0 radical (unpaired) electrons. The average molecular weight is 308 g/mol. The van der Waals surface area contributed by atoms with Crippen LogP contribution in [0.15, 0.2) is 42.5 Å². The van der Waals surface area contributed by atoms with E-state index in [0.29, 0.717) is 16.6 Å². The lowest BCUT2D eigenvalue weighted by molar-refractivity contribution is 0.0513. The molecule has 0 aromatic heterocycles. The summed E-state index contributed by atoms with van der Waals surface area (Å²) in [6, 6.07) is 13.9. The van der Waals surface area contributed by atoms with E-state index in [0.717, 1.165) is 18.7 Å². The Bertz CT molecular complexity index is 615. The minimum absolute atomic E-state index is 0.0618. The van der Waals surface area contributed by atoms with Gasteiger partial charge in [0.05, 0.1) is 23.4 Å². The Kier molecular flexibility index (Phi) is 4.16. The first-order chi connectivity index (χ1) is 9.74. The molecule has 4 heteroatoms. The van der Waals surface area contributed by atoms with Crippen LogP contribution in [0.3, 0.4) is 0 Å². The number of ether oxygens (including phenoxy) is 1. The van der Waals surface area contributed by atoms with Gasteiger partial charge in [-0.1, -0.05) is 47.5 Å². The predicted molar refractivity (Wildman–Crippen MR) is 83.8 cm³/mol. The summed E-state index contributed by atoms with van der Waals surface area (Å²) in [5, 5.41) is 4.60. The van der Waals surface area contributed by atoms with E-state index in [9.17, 15) is 0 Å². The SMILES string of the molecule is Clc1ccc(NCC2OCCc3ccccc32)c(Cl)c1. The van der Waals surface area contributed by atoms with Crippen molar-refractivity contribution in [3.05, 3.63) is 63.6 Å². The van der Waals surface area contributed by atoms with Crippen LogP contribution in [0.5, 0.6) is 0 Å². The van der Waals surface area contributed by atoms with Crippen LogP contribution in [0.1, 0.15) is 17.2 Å². The van der Waals surface area contributed by atoms with E-state index >= 15 is 0 Å². The third-order valence-electron chi connectivity index (χ3n) is 3.50. The van der Waals surface area contributed by atoms with Crippen LogP contribution < -0.4 is 5.32 Å². The molecule has 0 spiro atoms. The van der Waals surface area contributed by atoms with Gasteiger partial charge >= 0.3 is 0 Å². The molecule has 0 bridgehead atoms. The minimum Gasteiger partial charge on any atom is -0.381 e. The average Bonchev–Trinajstić information content (AvgIpc) is 2.46. The number of hydrogen-bond acceptors (Lipinski definition) is 2. The molecule has 3 rings (SSSR count). The Morgan fingerprint density at radius 3 is 2.85 bits per heavy atom. The normalized spacial score (nSPS) is 17.6. The van der Waals surface area contributed by atoms with Gasteiger partial charge < -0.3 is 10.1 Å². The molecule has 0 saturated heterocycles. The molecule has 104 valence electrons. The molecule has 0 saturated carbocycles. The van der Waals surface area contributed by atoms with Crippen LogP contribution in [-0.2, 0) is 11.2 Å². The molecule has 20 heavy (non-hydrogen) atoms. The van der Waals surface area contributed by atoms with Gasteiger partial charge in [0, 0.05) is 11.6 Å². The zero-order valence-corrected chi connectivity index (χ0v) is 12.4. The Morgan fingerprint density at radius 1 is 1.15 bits per heavy atom. The standard InChI is InChI=1S/C16H15Cl2NO/c17-12-5-6-15(14(18)9-12)19-10-16-13-4-2-1-3-11(13)7-8-20-16/h1-6,9,16,19H,7-8,10H2. The van der Waals surface area contributed by atoms with E-state index < -0.39 is 0 Å². The second kappa shape index (κ2) is 6.04. The lowest BCUT2D eigenvalue weighted by Crippen LogP contribution is -2.22. The van der Waals surface area contributed by atoms with E-state index in [1.807, 2.05) is 12.1 Å². The maximum Gasteiger partial charge on any atom is 0.0999 e. The van der Waals surface area contributed by atoms with Crippen molar-refractivity contribution < 1.29 is 4.74 Å². The minimum atomic E-state index is 0.0618. The highest BCUT2D eigenvalue weighted by atomic mass is 35.5. The molecule has 1 unspecified atom stereocenters. The number of halogens is 2. The van der Waals surface area contributed by atoms with Crippen LogP contribution in [0.25, 0.3) is 0 Å². The van der Waals surface area contributed by atoms with Gasteiger partial charge in [-0.15, -0.1) is 0 Å². The number of nitrogens with one attached hydrogen (secondary N) is 1. The quantitative estimate of drug-likeness (QED) is 0.886. The fraction of sp³-hybridized carbons (Fsp3) is 0.250. The summed E-state index contributed by atoms with van der Waals surface area (Å²) in [6.45, 7) is 1.45. The molecule has 1 aliphatic heterocycles. The molecule has 0 aliphatic carbocycles. The summed E-state index contributed by atoms with van der Waals surface area (Å²) in [4.78, 5) is 0. The molecule has 0 fully saturated rings. The fourth-order valence-electron chi connectivity index (χ4n) is 2.48. The predicted octanol–water partition coefficient (Wildman–Crippen LogP) is 4.72. The summed E-state index contributed by atoms with van der Waals surface area (Å²) in [7, 11) is 0. The Labute approximate surface area is 128 Å². The molecule has 1 N–H and O–H groups in total. The number of benzene rings is 2. The first-order valence-electron chi connectivity index (χ1n) is 6.62. The summed E-state index contributed by atoms with van der Waals surface area (Å²) in [6.07, 6.45) is 1.04. The van der Waals surface area contributed by atoms with Gasteiger partial charge in [0.2, 0.25) is 0 Å². The lowest BCUT2D eigenvalue weighted by Gasteiger charge is -2.26. The van der Waals surface area contributed by atoms with E-state index in [2.05, 4.69) is 29.6 Å². The van der Waals surface area contributed by atoms with Crippen molar-refractivity contribution in [3.8, 4) is 0 Å². The molecular formula is C16H15Cl2NO. The topological polar surface area (TPSA) is 21.3 Å². The third-order valence-corrected chi connectivity index (χ3v) is 4.05. The maximum atomic E-state index is 6.16. The Morgan fingerprint density at radius 2 is 2.00 bits per heavy atom. The van der Waals surface area contributed by atoms with Crippen molar-refractivity contribution in [2.24, 2.45) is 0 Å². The molecule has 0 amide bonds. The van der Waals surface area contributed by atoms with Gasteiger partial charge in [0.1, 0.15) is 0 Å². The van der Waals surface area contributed by atoms with Gasteiger partial charge in [-0.25, -0.2) is 0 Å². The molecule has 1 aliphatic rings. The van der Waals surface area contributed by atoms with Crippen molar-refractivity contribution in [1.29, 1.82) is 0 Å². The van der Waals surface area contributed by atoms with Crippen molar-refractivity contribution in [2.75, 3.05) is 18.5 Å². The molecule has 1 atom stereocenters. The molecule has 2 nitrogen and oxygen atoms in total. The first kappa shape index (κ1) is 13.7. The summed E-state index contributed by atoms with van der Waals surface area (Å²) < 4.78 is 5.86. The van der Waals surface area contributed by atoms with Crippen molar-refractivity contribution in [3.63, 3.8) is 0 Å². The number of fused-ring (bicyclic) bond motifs is 1.